The lowest BCUT2D eigenvalue weighted by Gasteiger charge is -2.05. The third-order valence-electron chi connectivity index (χ3n) is 2.80. The third kappa shape index (κ3) is 3.76. The Kier molecular flexibility index (Phi) is 4.85. The average Bonchev–Trinajstić information content (AvgIpc) is 2.45. The van der Waals surface area contributed by atoms with Crippen LogP contribution in [0.2, 0.25) is 0 Å². The fraction of sp³-hybridized carbons (Fsp3) is 0.0625. The molecule has 0 unspecified atom stereocenters. The lowest BCUT2D eigenvalue weighted by Crippen LogP contribution is -1.99. The van der Waals surface area contributed by atoms with Gasteiger partial charge in [0.05, 0.1) is 12.7 Å². The zero-order chi connectivity index (χ0) is 15.4. The van der Waals surface area contributed by atoms with Gasteiger partial charge >= 0.3 is 0 Å². The second kappa shape index (κ2) is 6.63. The highest BCUT2D eigenvalue weighted by Crippen LogP contribution is 2.24. The van der Waals surface area contributed by atoms with Crippen molar-refractivity contribution in [3.8, 4) is 5.75 Å². The van der Waals surface area contributed by atoms with Crippen LogP contribution in [-0.4, -0.2) is 12.9 Å². The molecule has 0 aromatic heterocycles. The van der Waals surface area contributed by atoms with Crippen LogP contribution < -0.4 is 4.74 Å². The van der Waals surface area contributed by atoms with Crippen LogP contribution in [-0.2, 0) is 0 Å². The van der Waals surface area contributed by atoms with Crippen molar-refractivity contribution in [3.63, 3.8) is 0 Å². The summed E-state index contributed by atoms with van der Waals surface area (Å²) in [6.45, 7) is 0. The third-order valence-corrected chi connectivity index (χ3v) is 3.30. The fourth-order valence-electron chi connectivity index (χ4n) is 1.78. The Hall–Kier alpha value is -2.01. The molecule has 0 saturated heterocycles. The molecule has 5 heteroatoms. The quantitative estimate of drug-likeness (QED) is 0.592. The van der Waals surface area contributed by atoms with E-state index < -0.39 is 17.4 Å². The maximum absolute atomic E-state index is 13.5. The summed E-state index contributed by atoms with van der Waals surface area (Å²) in [5, 5.41) is 0. The van der Waals surface area contributed by atoms with Gasteiger partial charge in [-0.2, -0.15) is 0 Å². The molecular formula is C16H11BrF2O2. The van der Waals surface area contributed by atoms with E-state index in [0.29, 0.717) is 17.4 Å². The van der Waals surface area contributed by atoms with Gasteiger partial charge in [0.25, 0.3) is 0 Å². The average molecular weight is 353 g/mol. The van der Waals surface area contributed by atoms with Gasteiger partial charge in [-0.1, -0.05) is 15.9 Å². The normalized spacial score (nSPS) is 10.9. The number of ether oxygens (including phenoxy) is 1. The topological polar surface area (TPSA) is 26.3 Å². The van der Waals surface area contributed by atoms with Crippen molar-refractivity contribution in [3.05, 3.63) is 69.7 Å². The number of halogens is 3. The molecule has 0 aliphatic rings. The first kappa shape index (κ1) is 15.4. The summed E-state index contributed by atoms with van der Waals surface area (Å²) >= 11 is 3.32. The summed E-state index contributed by atoms with van der Waals surface area (Å²) in [6.07, 6.45) is 2.75. The number of hydrogen-bond donors (Lipinski definition) is 0. The number of methoxy groups -OCH3 is 1. The number of rotatable bonds is 4. The molecule has 108 valence electrons. The zero-order valence-electron chi connectivity index (χ0n) is 11.1. The first-order valence-electron chi connectivity index (χ1n) is 6.02. The first-order valence-corrected chi connectivity index (χ1v) is 6.81. The van der Waals surface area contributed by atoms with Crippen LogP contribution in [0.3, 0.4) is 0 Å². The summed E-state index contributed by atoms with van der Waals surface area (Å²) in [5.41, 5.74) is 0.490. The minimum absolute atomic E-state index is 0.179. The second-order valence-corrected chi connectivity index (χ2v) is 5.12. The lowest BCUT2D eigenvalue weighted by molar-refractivity contribution is 0.104. The molecule has 21 heavy (non-hydrogen) atoms. The van der Waals surface area contributed by atoms with Crippen molar-refractivity contribution in [2.45, 2.75) is 0 Å². The van der Waals surface area contributed by atoms with Crippen LogP contribution in [0.1, 0.15) is 15.9 Å². The fourth-order valence-corrected chi connectivity index (χ4v) is 2.16. The number of ketones is 1. The van der Waals surface area contributed by atoms with E-state index in [2.05, 4.69) is 15.9 Å². The number of benzene rings is 2. The van der Waals surface area contributed by atoms with E-state index in [4.69, 9.17) is 4.74 Å². The van der Waals surface area contributed by atoms with Crippen LogP contribution in [0.4, 0.5) is 8.78 Å². The van der Waals surface area contributed by atoms with E-state index in [0.717, 1.165) is 16.6 Å². The van der Waals surface area contributed by atoms with Crippen molar-refractivity contribution in [1.82, 2.24) is 0 Å². The Labute approximate surface area is 129 Å². The highest BCUT2D eigenvalue weighted by Gasteiger charge is 2.10. The molecule has 0 N–H and O–H groups in total. The Morgan fingerprint density at radius 3 is 2.62 bits per heavy atom. The Bertz CT molecular complexity index is 711. The summed E-state index contributed by atoms with van der Waals surface area (Å²) < 4.78 is 32.3. The predicted molar refractivity (Wildman–Crippen MR) is 80.4 cm³/mol. The van der Waals surface area contributed by atoms with Gasteiger partial charge < -0.3 is 4.74 Å². The van der Waals surface area contributed by atoms with Gasteiger partial charge in [0.15, 0.2) is 5.78 Å². The minimum atomic E-state index is -0.883. The molecule has 0 radical (unpaired) electrons. The zero-order valence-corrected chi connectivity index (χ0v) is 12.7. The number of carbonyl (C=O) groups is 1. The first-order chi connectivity index (χ1) is 10.0. The molecule has 2 rings (SSSR count). The molecule has 2 aromatic carbocycles. The van der Waals surface area contributed by atoms with Gasteiger partial charge in [0, 0.05) is 16.1 Å². The maximum atomic E-state index is 13.5. The highest BCUT2D eigenvalue weighted by molar-refractivity contribution is 9.10. The SMILES string of the molecule is COc1ccc(Br)cc1/C=C/C(=O)c1ccc(F)cc1F. The molecule has 2 aromatic rings. The van der Waals surface area contributed by atoms with Gasteiger partial charge in [-0.15, -0.1) is 0 Å². The molecule has 0 aliphatic heterocycles. The van der Waals surface area contributed by atoms with Crippen molar-refractivity contribution < 1.29 is 18.3 Å². The number of carbonyl (C=O) groups excluding carboxylic acids is 1. The van der Waals surface area contributed by atoms with E-state index in [1.165, 1.54) is 19.3 Å². The van der Waals surface area contributed by atoms with Crippen LogP contribution in [0, 0.1) is 11.6 Å². The minimum Gasteiger partial charge on any atom is -0.496 e. The molecule has 0 bridgehead atoms. The van der Waals surface area contributed by atoms with Gasteiger partial charge in [-0.3, -0.25) is 4.79 Å². The number of allylic oxidation sites excluding steroid dienone is 1. The largest absolute Gasteiger partial charge is 0.496 e. The molecule has 0 fully saturated rings. The molecule has 0 aliphatic carbocycles. The predicted octanol–water partition coefficient (Wildman–Crippen LogP) is 4.63. The van der Waals surface area contributed by atoms with Crippen LogP contribution in [0.5, 0.6) is 5.75 Å². The van der Waals surface area contributed by atoms with Crippen LogP contribution >= 0.6 is 15.9 Å². The highest BCUT2D eigenvalue weighted by atomic mass is 79.9. The van der Waals surface area contributed by atoms with Crippen LogP contribution in [0.25, 0.3) is 6.08 Å². The molecule has 0 heterocycles. The summed E-state index contributed by atoms with van der Waals surface area (Å²) in [4.78, 5) is 11.9. The molecule has 0 amide bonds. The van der Waals surface area contributed by atoms with E-state index in [-0.39, 0.29) is 5.56 Å². The summed E-state index contributed by atoms with van der Waals surface area (Å²) in [7, 11) is 1.52. The second-order valence-electron chi connectivity index (χ2n) is 4.21. The molecular weight excluding hydrogens is 342 g/mol. The monoisotopic (exact) mass is 352 g/mol. The van der Waals surface area contributed by atoms with Gasteiger partial charge in [0.2, 0.25) is 0 Å². The molecule has 0 atom stereocenters. The lowest BCUT2D eigenvalue weighted by atomic mass is 10.1. The number of hydrogen-bond acceptors (Lipinski definition) is 2. The van der Waals surface area contributed by atoms with Crippen molar-refractivity contribution in [1.29, 1.82) is 0 Å². The van der Waals surface area contributed by atoms with E-state index in [1.807, 2.05) is 0 Å². The van der Waals surface area contributed by atoms with Gasteiger partial charge in [-0.05, 0) is 42.5 Å². The van der Waals surface area contributed by atoms with Gasteiger partial charge in [-0.25, -0.2) is 8.78 Å². The van der Waals surface area contributed by atoms with Crippen molar-refractivity contribution in [2.24, 2.45) is 0 Å². The molecule has 0 spiro atoms. The Balaban J connectivity index is 2.28. The van der Waals surface area contributed by atoms with Crippen molar-refractivity contribution in [2.75, 3.05) is 7.11 Å². The van der Waals surface area contributed by atoms with Crippen LogP contribution in [0.15, 0.2) is 46.9 Å². The van der Waals surface area contributed by atoms with E-state index >= 15 is 0 Å². The van der Waals surface area contributed by atoms with E-state index in [9.17, 15) is 13.6 Å². The Morgan fingerprint density at radius 2 is 1.95 bits per heavy atom. The van der Waals surface area contributed by atoms with Gasteiger partial charge in [0.1, 0.15) is 17.4 Å². The molecule has 2 nitrogen and oxygen atoms in total. The smallest absolute Gasteiger partial charge is 0.188 e. The summed E-state index contributed by atoms with van der Waals surface area (Å²) in [6, 6.07) is 8.16. The standard InChI is InChI=1S/C16H11BrF2O2/c1-21-16-7-3-11(17)8-10(16)2-6-15(20)13-5-4-12(18)9-14(13)19/h2-9H,1H3/b6-2+. The Morgan fingerprint density at radius 1 is 1.19 bits per heavy atom. The van der Waals surface area contributed by atoms with Crippen molar-refractivity contribution >= 4 is 27.8 Å². The maximum Gasteiger partial charge on any atom is 0.188 e. The van der Waals surface area contributed by atoms with E-state index in [1.54, 1.807) is 18.2 Å². The molecule has 0 saturated carbocycles. The summed E-state index contributed by atoms with van der Waals surface area (Å²) in [5.74, 6) is -1.57.